The molecule has 0 heterocycles. The van der Waals surface area contributed by atoms with Crippen LogP contribution in [0.2, 0.25) is 36.3 Å². The Morgan fingerprint density at radius 3 is 1.85 bits per heavy atom. The van der Waals surface area contributed by atoms with Crippen LogP contribution < -0.4 is 4.98 Å². The second kappa shape index (κ2) is 8.22. The summed E-state index contributed by atoms with van der Waals surface area (Å²) in [7, 11) is -3.88. The third-order valence-electron chi connectivity index (χ3n) is 6.44. The minimum absolute atomic E-state index is 0.0104. The van der Waals surface area contributed by atoms with Crippen molar-refractivity contribution >= 4 is 22.5 Å². The average Bonchev–Trinajstić information content (AvgIpc) is 2.44. The predicted molar refractivity (Wildman–Crippen MR) is 122 cm³/mol. The highest BCUT2D eigenvalue weighted by molar-refractivity contribution is 6.78. The summed E-state index contributed by atoms with van der Waals surface area (Å²) in [5.41, 5.74) is 2.39. The molecule has 0 saturated heterocycles. The van der Waals surface area contributed by atoms with Crippen molar-refractivity contribution in [3.05, 3.63) is 35.4 Å². The maximum Gasteiger partial charge on any atom is 0.294 e. The van der Waals surface area contributed by atoms with Gasteiger partial charge < -0.3 is 9.41 Å². The zero-order valence-corrected chi connectivity index (χ0v) is 21.4. The highest BCUT2D eigenvalue weighted by Gasteiger charge is 2.42. The molecule has 0 amide bonds. The Balaban J connectivity index is 3.09. The van der Waals surface area contributed by atoms with Gasteiger partial charge in [-0.05, 0) is 35.7 Å². The van der Waals surface area contributed by atoms with Gasteiger partial charge in [-0.2, -0.15) is 0 Å². The summed E-state index contributed by atoms with van der Waals surface area (Å²) < 4.78 is 6.05. The lowest BCUT2D eigenvalue weighted by atomic mass is 10.0. The molecule has 5 heteroatoms. The standard InChI is InChI=1S/C22H41NO2Si2/c1-17-12-14-18(15-13-17)19(23-26(8,9)21(2,3)4)16-20(24)25-27(10,11)22(5,6)7/h12-15,19,23H,16H2,1-11H3. The van der Waals surface area contributed by atoms with Gasteiger partial charge in [0.05, 0.1) is 6.42 Å². The maximum atomic E-state index is 12.9. The zero-order valence-electron chi connectivity index (χ0n) is 19.4. The van der Waals surface area contributed by atoms with Crippen LogP contribution >= 0.6 is 0 Å². The van der Waals surface area contributed by atoms with Gasteiger partial charge in [0.1, 0.15) is 8.24 Å². The first-order valence-corrected chi connectivity index (χ1v) is 15.9. The van der Waals surface area contributed by atoms with E-state index in [1.165, 1.54) is 5.56 Å². The lowest BCUT2D eigenvalue weighted by Crippen LogP contribution is -2.54. The predicted octanol–water partition coefficient (Wildman–Crippen LogP) is 6.57. The summed E-state index contributed by atoms with van der Waals surface area (Å²) in [6, 6.07) is 8.51. The molecule has 154 valence electrons. The summed E-state index contributed by atoms with van der Waals surface area (Å²) >= 11 is 0. The molecule has 27 heavy (non-hydrogen) atoms. The van der Waals surface area contributed by atoms with Crippen molar-refractivity contribution in [3.8, 4) is 0 Å². The van der Waals surface area contributed by atoms with E-state index in [4.69, 9.17) is 4.43 Å². The highest BCUT2D eigenvalue weighted by atomic mass is 28.4. The lowest BCUT2D eigenvalue weighted by Gasteiger charge is -2.41. The topological polar surface area (TPSA) is 38.3 Å². The van der Waals surface area contributed by atoms with Gasteiger partial charge in [0.2, 0.25) is 0 Å². The van der Waals surface area contributed by atoms with E-state index in [1.54, 1.807) is 0 Å². The molecule has 0 radical (unpaired) electrons. The first-order chi connectivity index (χ1) is 12.0. The Bertz CT molecular complexity index is 638. The Morgan fingerprint density at radius 2 is 1.44 bits per heavy atom. The van der Waals surface area contributed by atoms with Crippen LogP contribution in [0.5, 0.6) is 0 Å². The van der Waals surface area contributed by atoms with Gasteiger partial charge in [0.25, 0.3) is 14.3 Å². The second-order valence-corrected chi connectivity index (χ2v) is 20.7. The molecule has 3 nitrogen and oxygen atoms in total. The first-order valence-electron chi connectivity index (χ1n) is 10.0. The summed E-state index contributed by atoms with van der Waals surface area (Å²) in [5, 5.41) is 0.216. The van der Waals surface area contributed by atoms with Crippen molar-refractivity contribution in [2.75, 3.05) is 0 Å². The fraction of sp³-hybridized carbons (Fsp3) is 0.682. The van der Waals surface area contributed by atoms with Crippen molar-refractivity contribution < 1.29 is 9.22 Å². The van der Waals surface area contributed by atoms with E-state index in [-0.39, 0.29) is 22.1 Å². The molecule has 0 aliphatic heterocycles. The van der Waals surface area contributed by atoms with E-state index in [9.17, 15) is 4.79 Å². The molecule has 0 saturated carbocycles. The van der Waals surface area contributed by atoms with Gasteiger partial charge in [-0.25, -0.2) is 0 Å². The number of nitrogens with one attached hydrogen (secondary N) is 1. The van der Waals surface area contributed by atoms with Gasteiger partial charge in [-0.1, -0.05) is 84.5 Å². The van der Waals surface area contributed by atoms with Crippen molar-refractivity contribution in [1.82, 2.24) is 4.98 Å². The van der Waals surface area contributed by atoms with Crippen LogP contribution in [-0.2, 0) is 9.22 Å². The van der Waals surface area contributed by atoms with E-state index in [1.807, 2.05) is 0 Å². The molecule has 0 fully saturated rings. The molecular weight excluding hydrogens is 366 g/mol. The van der Waals surface area contributed by atoms with E-state index < -0.39 is 16.6 Å². The summed E-state index contributed by atoms with van der Waals surface area (Å²) in [4.78, 5) is 16.8. The molecule has 1 N–H and O–H groups in total. The van der Waals surface area contributed by atoms with E-state index >= 15 is 0 Å². The van der Waals surface area contributed by atoms with Crippen molar-refractivity contribution in [2.24, 2.45) is 0 Å². The number of aryl methyl sites for hydroxylation is 1. The summed E-state index contributed by atoms with van der Waals surface area (Å²) in [6.45, 7) is 24.4. The van der Waals surface area contributed by atoms with Crippen molar-refractivity contribution in [3.63, 3.8) is 0 Å². The van der Waals surface area contributed by atoms with Crippen molar-refractivity contribution in [1.29, 1.82) is 0 Å². The third kappa shape index (κ3) is 6.58. The fourth-order valence-electron chi connectivity index (χ4n) is 2.35. The molecule has 0 aliphatic carbocycles. The number of hydrogen-bond acceptors (Lipinski definition) is 3. The number of carbonyl (C=O) groups is 1. The number of hydrogen-bond donors (Lipinski definition) is 1. The van der Waals surface area contributed by atoms with Crippen LogP contribution in [0.4, 0.5) is 0 Å². The largest absolute Gasteiger partial charge is 0.519 e. The van der Waals surface area contributed by atoms with Crippen LogP contribution in [-0.4, -0.2) is 22.5 Å². The average molecular weight is 408 g/mol. The minimum atomic E-state index is -2.11. The number of benzene rings is 1. The molecule has 0 aliphatic rings. The fourth-order valence-corrected chi connectivity index (χ4v) is 4.88. The SMILES string of the molecule is Cc1ccc(C(CC(=O)O[Si](C)(C)C(C)(C)C)N[Si](C)(C)C(C)(C)C)cc1. The molecule has 1 rings (SSSR count). The second-order valence-electron chi connectivity index (χ2n) is 10.9. The van der Waals surface area contributed by atoms with Crippen LogP contribution in [0.25, 0.3) is 0 Å². The molecule has 0 bridgehead atoms. The van der Waals surface area contributed by atoms with Crippen LogP contribution in [0, 0.1) is 6.92 Å². The number of rotatable bonds is 6. The van der Waals surface area contributed by atoms with Gasteiger partial charge in [0.15, 0.2) is 0 Å². The molecule has 0 aromatic heterocycles. The maximum absolute atomic E-state index is 12.9. The number of carbonyl (C=O) groups excluding carboxylic acids is 1. The van der Waals surface area contributed by atoms with Crippen molar-refractivity contribution in [2.45, 2.75) is 97.2 Å². The molecule has 1 aromatic carbocycles. The van der Waals surface area contributed by atoms with Gasteiger partial charge in [-0.3, -0.25) is 4.79 Å². The van der Waals surface area contributed by atoms with Crippen LogP contribution in [0.3, 0.4) is 0 Å². The Labute approximate surface area is 169 Å². The van der Waals surface area contributed by atoms with Crippen LogP contribution in [0.15, 0.2) is 24.3 Å². The van der Waals surface area contributed by atoms with E-state index in [0.717, 1.165) is 5.56 Å². The van der Waals surface area contributed by atoms with Crippen LogP contribution in [0.1, 0.15) is 65.1 Å². The first kappa shape index (κ1) is 24.1. The normalized spacial score (nSPS) is 14.8. The summed E-state index contributed by atoms with van der Waals surface area (Å²) in [6.07, 6.45) is 0.377. The molecule has 1 unspecified atom stereocenters. The Hall–Kier alpha value is -0.916. The Morgan fingerprint density at radius 1 is 0.963 bits per heavy atom. The molecular formula is C22H41NO2Si2. The lowest BCUT2D eigenvalue weighted by molar-refractivity contribution is -0.136. The molecule has 1 atom stereocenters. The monoisotopic (exact) mass is 407 g/mol. The molecule has 1 aromatic rings. The smallest absolute Gasteiger partial charge is 0.294 e. The third-order valence-corrected chi connectivity index (χ3v) is 15.6. The quantitative estimate of drug-likeness (QED) is 0.542. The molecule has 0 spiro atoms. The van der Waals surface area contributed by atoms with E-state index in [0.29, 0.717) is 6.42 Å². The Kier molecular flexibility index (Phi) is 7.34. The van der Waals surface area contributed by atoms with Gasteiger partial charge in [-0.15, -0.1) is 0 Å². The minimum Gasteiger partial charge on any atom is -0.519 e. The van der Waals surface area contributed by atoms with E-state index in [2.05, 4.69) is 104 Å². The zero-order chi connectivity index (χ0) is 21.3. The van der Waals surface area contributed by atoms with Gasteiger partial charge >= 0.3 is 0 Å². The van der Waals surface area contributed by atoms with Gasteiger partial charge in [0, 0.05) is 6.04 Å². The highest BCUT2D eigenvalue weighted by Crippen LogP contribution is 2.38. The summed E-state index contributed by atoms with van der Waals surface area (Å²) in [5.74, 6) is -0.0848.